The highest BCUT2D eigenvalue weighted by atomic mass is 16.4. The van der Waals surface area contributed by atoms with Crippen LogP contribution in [-0.2, 0) is 20.8 Å². The van der Waals surface area contributed by atoms with Crippen molar-refractivity contribution >= 4 is 23.7 Å². The van der Waals surface area contributed by atoms with Gasteiger partial charge < -0.3 is 21.5 Å². The minimum Gasteiger partial charge on any atom is -0.478 e. The average Bonchev–Trinajstić information content (AvgIpc) is 2.53. The van der Waals surface area contributed by atoms with Crippen molar-refractivity contribution in [3.05, 3.63) is 35.4 Å². The second-order valence-corrected chi connectivity index (χ2v) is 6.55. The standard InChI is InChI=1S/C18H25N3O5/c1-10(2)8-15(20-11(3)22)17(24)21-14(16(19)23)9-12-4-6-13(7-5-12)18(25)26/h4-7,10,14-15H,8-9H2,1-3H3,(H2,19,23)(H,20,22)(H,21,24)(H,25,26)/t14-,15+/m1/s1. The summed E-state index contributed by atoms with van der Waals surface area (Å²) in [5.41, 5.74) is 6.15. The van der Waals surface area contributed by atoms with Gasteiger partial charge in [-0.2, -0.15) is 0 Å². The second-order valence-electron chi connectivity index (χ2n) is 6.55. The first-order valence-corrected chi connectivity index (χ1v) is 8.29. The Morgan fingerprint density at radius 2 is 1.62 bits per heavy atom. The van der Waals surface area contributed by atoms with Crippen molar-refractivity contribution in [2.75, 3.05) is 0 Å². The van der Waals surface area contributed by atoms with E-state index in [0.717, 1.165) is 0 Å². The van der Waals surface area contributed by atoms with Crippen molar-refractivity contribution in [2.24, 2.45) is 11.7 Å². The van der Waals surface area contributed by atoms with Crippen LogP contribution in [0.4, 0.5) is 0 Å². The predicted octanol–water partition coefficient (Wildman–Crippen LogP) is 0.448. The van der Waals surface area contributed by atoms with Gasteiger partial charge in [0.05, 0.1) is 5.56 Å². The van der Waals surface area contributed by atoms with Crippen molar-refractivity contribution in [1.29, 1.82) is 0 Å². The fourth-order valence-electron chi connectivity index (χ4n) is 2.46. The highest BCUT2D eigenvalue weighted by molar-refractivity contribution is 5.91. The van der Waals surface area contributed by atoms with E-state index in [1.54, 1.807) is 12.1 Å². The van der Waals surface area contributed by atoms with Gasteiger partial charge in [-0.25, -0.2) is 4.79 Å². The van der Waals surface area contributed by atoms with Gasteiger partial charge in [-0.3, -0.25) is 14.4 Å². The summed E-state index contributed by atoms with van der Waals surface area (Å²) >= 11 is 0. The Hall–Kier alpha value is -2.90. The maximum absolute atomic E-state index is 12.5. The van der Waals surface area contributed by atoms with Gasteiger partial charge in [0, 0.05) is 13.3 Å². The van der Waals surface area contributed by atoms with Crippen LogP contribution in [-0.4, -0.2) is 40.9 Å². The number of carbonyl (C=O) groups is 4. The highest BCUT2D eigenvalue weighted by Gasteiger charge is 2.25. The van der Waals surface area contributed by atoms with Crippen LogP contribution in [0.25, 0.3) is 0 Å². The van der Waals surface area contributed by atoms with E-state index in [1.165, 1.54) is 19.1 Å². The molecule has 0 fully saturated rings. The zero-order chi connectivity index (χ0) is 19.9. The molecule has 0 heterocycles. The summed E-state index contributed by atoms with van der Waals surface area (Å²) in [6.45, 7) is 5.14. The number of carbonyl (C=O) groups excluding carboxylic acids is 3. The summed E-state index contributed by atoms with van der Waals surface area (Å²) in [6.07, 6.45) is 0.541. The van der Waals surface area contributed by atoms with E-state index in [4.69, 9.17) is 10.8 Å². The molecule has 1 aromatic rings. The number of rotatable bonds is 9. The Kier molecular flexibility index (Phi) is 7.77. The first kappa shape index (κ1) is 21.1. The Balaban J connectivity index is 2.85. The van der Waals surface area contributed by atoms with E-state index < -0.39 is 29.9 Å². The van der Waals surface area contributed by atoms with Crippen molar-refractivity contribution in [1.82, 2.24) is 10.6 Å². The highest BCUT2D eigenvalue weighted by Crippen LogP contribution is 2.09. The lowest BCUT2D eigenvalue weighted by Gasteiger charge is -2.22. The van der Waals surface area contributed by atoms with Gasteiger partial charge in [-0.1, -0.05) is 26.0 Å². The van der Waals surface area contributed by atoms with Crippen molar-refractivity contribution < 1.29 is 24.3 Å². The smallest absolute Gasteiger partial charge is 0.335 e. The van der Waals surface area contributed by atoms with Crippen LogP contribution in [0.1, 0.15) is 43.1 Å². The fourth-order valence-corrected chi connectivity index (χ4v) is 2.46. The first-order valence-electron chi connectivity index (χ1n) is 8.29. The molecule has 0 aliphatic carbocycles. The number of hydrogen-bond acceptors (Lipinski definition) is 4. The van der Waals surface area contributed by atoms with E-state index >= 15 is 0 Å². The molecule has 0 unspecified atom stereocenters. The number of amides is 3. The van der Waals surface area contributed by atoms with Crippen molar-refractivity contribution in [3.63, 3.8) is 0 Å². The normalized spacial score (nSPS) is 12.9. The maximum Gasteiger partial charge on any atom is 0.335 e. The summed E-state index contributed by atoms with van der Waals surface area (Å²) in [4.78, 5) is 46.3. The quantitative estimate of drug-likeness (QED) is 0.504. The minimum absolute atomic E-state index is 0.120. The predicted molar refractivity (Wildman–Crippen MR) is 95.3 cm³/mol. The second kappa shape index (κ2) is 9.55. The van der Waals surface area contributed by atoms with Gasteiger partial charge in [0.15, 0.2) is 0 Å². The SMILES string of the molecule is CC(=O)N[C@@H](CC(C)C)C(=O)N[C@H](Cc1ccc(C(=O)O)cc1)C(N)=O. The van der Waals surface area contributed by atoms with E-state index in [0.29, 0.717) is 12.0 Å². The number of benzene rings is 1. The van der Waals surface area contributed by atoms with Gasteiger partial charge >= 0.3 is 5.97 Å². The molecule has 0 aliphatic heterocycles. The third-order valence-corrected chi connectivity index (χ3v) is 3.70. The summed E-state index contributed by atoms with van der Waals surface area (Å²) < 4.78 is 0. The van der Waals surface area contributed by atoms with Gasteiger partial charge in [0.2, 0.25) is 17.7 Å². The largest absolute Gasteiger partial charge is 0.478 e. The van der Waals surface area contributed by atoms with Crippen molar-refractivity contribution in [3.8, 4) is 0 Å². The molecule has 1 rings (SSSR count). The Bertz CT molecular complexity index is 670. The average molecular weight is 363 g/mol. The molecule has 5 N–H and O–H groups in total. The number of hydrogen-bond donors (Lipinski definition) is 4. The molecule has 0 spiro atoms. The summed E-state index contributed by atoms with van der Waals surface area (Å²) in [5, 5.41) is 14.0. The zero-order valence-corrected chi connectivity index (χ0v) is 15.1. The van der Waals surface area contributed by atoms with Crippen LogP contribution >= 0.6 is 0 Å². The number of nitrogens with one attached hydrogen (secondary N) is 2. The molecule has 1 aromatic carbocycles. The van der Waals surface area contributed by atoms with Crippen LogP contribution in [0.5, 0.6) is 0 Å². The van der Waals surface area contributed by atoms with Gasteiger partial charge in [-0.05, 0) is 30.0 Å². The molecular weight excluding hydrogens is 338 g/mol. The van der Waals surface area contributed by atoms with Crippen LogP contribution in [0, 0.1) is 5.92 Å². The summed E-state index contributed by atoms with van der Waals surface area (Å²) in [5.74, 6) is -2.44. The molecule has 8 heteroatoms. The number of nitrogens with two attached hydrogens (primary N) is 1. The minimum atomic E-state index is -1.05. The lowest BCUT2D eigenvalue weighted by Crippen LogP contribution is -2.53. The van der Waals surface area contributed by atoms with E-state index in [1.807, 2.05) is 13.8 Å². The molecule has 2 atom stereocenters. The van der Waals surface area contributed by atoms with Crippen LogP contribution in [0.3, 0.4) is 0 Å². The van der Waals surface area contributed by atoms with E-state index in [9.17, 15) is 19.2 Å². The molecule has 8 nitrogen and oxygen atoms in total. The zero-order valence-electron chi connectivity index (χ0n) is 15.1. The fraction of sp³-hybridized carbons (Fsp3) is 0.444. The summed E-state index contributed by atoms with van der Waals surface area (Å²) in [7, 11) is 0. The Morgan fingerprint density at radius 1 is 1.04 bits per heavy atom. The summed E-state index contributed by atoms with van der Waals surface area (Å²) in [6, 6.07) is 4.22. The van der Waals surface area contributed by atoms with E-state index in [2.05, 4.69) is 10.6 Å². The molecule has 142 valence electrons. The third-order valence-electron chi connectivity index (χ3n) is 3.70. The Labute approximate surface area is 152 Å². The molecular formula is C18H25N3O5. The maximum atomic E-state index is 12.5. The van der Waals surface area contributed by atoms with Crippen LogP contribution < -0.4 is 16.4 Å². The third kappa shape index (κ3) is 6.92. The van der Waals surface area contributed by atoms with Crippen LogP contribution in [0.15, 0.2) is 24.3 Å². The number of primary amides is 1. The molecule has 0 saturated carbocycles. The lowest BCUT2D eigenvalue weighted by atomic mass is 10.0. The number of carboxylic acids is 1. The van der Waals surface area contributed by atoms with Crippen molar-refractivity contribution in [2.45, 2.75) is 45.7 Å². The molecule has 0 saturated heterocycles. The molecule has 26 heavy (non-hydrogen) atoms. The number of carboxylic acid groups (broad SMARTS) is 1. The molecule has 0 aromatic heterocycles. The lowest BCUT2D eigenvalue weighted by molar-refractivity contribution is -0.131. The molecule has 3 amide bonds. The molecule has 0 radical (unpaired) electrons. The van der Waals surface area contributed by atoms with Gasteiger partial charge in [0.1, 0.15) is 12.1 Å². The number of aromatic carboxylic acids is 1. The monoisotopic (exact) mass is 363 g/mol. The van der Waals surface area contributed by atoms with Gasteiger partial charge in [-0.15, -0.1) is 0 Å². The molecule has 0 bridgehead atoms. The Morgan fingerprint density at radius 3 is 2.04 bits per heavy atom. The van der Waals surface area contributed by atoms with E-state index in [-0.39, 0.29) is 23.8 Å². The van der Waals surface area contributed by atoms with Crippen LogP contribution in [0.2, 0.25) is 0 Å². The van der Waals surface area contributed by atoms with Gasteiger partial charge in [0.25, 0.3) is 0 Å². The topological polar surface area (TPSA) is 139 Å². The molecule has 0 aliphatic rings. The first-order chi connectivity index (χ1) is 12.1.